The van der Waals surface area contributed by atoms with Crippen molar-refractivity contribution >= 4 is 0 Å². The van der Waals surface area contributed by atoms with E-state index in [4.69, 9.17) is 9.47 Å². The van der Waals surface area contributed by atoms with E-state index in [0.717, 1.165) is 52.4 Å². The first-order chi connectivity index (χ1) is 9.74. The van der Waals surface area contributed by atoms with Crippen LogP contribution in [0.1, 0.15) is 39.5 Å². The summed E-state index contributed by atoms with van der Waals surface area (Å²) in [6, 6.07) is 0. The molecule has 2 atom stereocenters. The SMILES string of the molecule is CCCNCC1(CN2CCCOC(C)C2)CCCOC1. The molecule has 4 nitrogen and oxygen atoms in total. The van der Waals surface area contributed by atoms with Crippen LogP contribution in [-0.2, 0) is 9.47 Å². The number of nitrogens with one attached hydrogen (secondary N) is 1. The van der Waals surface area contributed by atoms with E-state index in [-0.39, 0.29) is 0 Å². The van der Waals surface area contributed by atoms with E-state index in [1.54, 1.807) is 0 Å². The molecular weight excluding hydrogens is 252 g/mol. The first-order valence-electron chi connectivity index (χ1n) is 8.36. The molecule has 0 aliphatic carbocycles. The minimum atomic E-state index is 0.303. The highest BCUT2D eigenvalue weighted by Gasteiger charge is 2.35. The Morgan fingerprint density at radius 1 is 1.30 bits per heavy atom. The molecule has 0 radical (unpaired) electrons. The summed E-state index contributed by atoms with van der Waals surface area (Å²) in [5, 5.41) is 3.62. The summed E-state index contributed by atoms with van der Waals surface area (Å²) in [6.45, 7) is 12.8. The van der Waals surface area contributed by atoms with Gasteiger partial charge >= 0.3 is 0 Å². The number of nitrogens with zero attached hydrogens (tertiary/aromatic N) is 1. The van der Waals surface area contributed by atoms with Gasteiger partial charge in [0, 0.05) is 44.8 Å². The number of rotatable bonds is 6. The molecule has 1 N–H and O–H groups in total. The third-order valence-electron chi connectivity index (χ3n) is 4.43. The van der Waals surface area contributed by atoms with E-state index in [1.807, 2.05) is 0 Å². The van der Waals surface area contributed by atoms with E-state index >= 15 is 0 Å². The van der Waals surface area contributed by atoms with Gasteiger partial charge in [0.15, 0.2) is 0 Å². The van der Waals surface area contributed by atoms with Crippen molar-refractivity contribution in [2.24, 2.45) is 5.41 Å². The van der Waals surface area contributed by atoms with Gasteiger partial charge in [-0.2, -0.15) is 0 Å². The van der Waals surface area contributed by atoms with Crippen molar-refractivity contribution in [2.75, 3.05) is 52.5 Å². The van der Waals surface area contributed by atoms with Crippen LogP contribution < -0.4 is 5.32 Å². The van der Waals surface area contributed by atoms with Gasteiger partial charge in [-0.1, -0.05) is 6.92 Å². The maximum atomic E-state index is 5.82. The summed E-state index contributed by atoms with van der Waals surface area (Å²) < 4.78 is 11.6. The molecule has 20 heavy (non-hydrogen) atoms. The van der Waals surface area contributed by atoms with Crippen LogP contribution in [0.25, 0.3) is 0 Å². The standard InChI is InChI=1S/C16H32N2O2/c1-3-7-17-12-16(6-4-9-19-14-16)13-18-8-5-10-20-15(2)11-18/h15,17H,3-14H2,1-2H3. The van der Waals surface area contributed by atoms with Crippen LogP contribution in [-0.4, -0.2) is 63.5 Å². The lowest BCUT2D eigenvalue weighted by Gasteiger charge is -2.41. The largest absolute Gasteiger partial charge is 0.381 e. The third-order valence-corrected chi connectivity index (χ3v) is 4.43. The fraction of sp³-hybridized carbons (Fsp3) is 1.00. The summed E-state index contributed by atoms with van der Waals surface area (Å²) in [5.41, 5.74) is 0.303. The topological polar surface area (TPSA) is 33.7 Å². The normalized spacial score (nSPS) is 33.0. The molecule has 2 aliphatic rings. The smallest absolute Gasteiger partial charge is 0.0673 e. The molecule has 0 aromatic carbocycles. The Morgan fingerprint density at radius 2 is 2.20 bits per heavy atom. The lowest BCUT2D eigenvalue weighted by atomic mass is 9.81. The van der Waals surface area contributed by atoms with Gasteiger partial charge in [-0.05, 0) is 39.2 Å². The van der Waals surface area contributed by atoms with Gasteiger partial charge in [0.1, 0.15) is 0 Å². The fourth-order valence-electron chi connectivity index (χ4n) is 3.46. The number of hydrogen-bond acceptors (Lipinski definition) is 4. The first kappa shape index (κ1) is 16.2. The maximum Gasteiger partial charge on any atom is 0.0673 e. The minimum absolute atomic E-state index is 0.303. The predicted molar refractivity (Wildman–Crippen MR) is 82.1 cm³/mol. The summed E-state index contributed by atoms with van der Waals surface area (Å²) >= 11 is 0. The van der Waals surface area contributed by atoms with Crippen molar-refractivity contribution in [3.8, 4) is 0 Å². The highest BCUT2D eigenvalue weighted by atomic mass is 16.5. The molecule has 2 unspecified atom stereocenters. The van der Waals surface area contributed by atoms with Crippen LogP contribution in [0.4, 0.5) is 0 Å². The Bertz CT molecular complexity index is 267. The lowest BCUT2D eigenvalue weighted by molar-refractivity contribution is -0.0292. The lowest BCUT2D eigenvalue weighted by Crippen LogP contribution is -2.50. The Morgan fingerprint density at radius 3 is 2.95 bits per heavy atom. The second-order valence-corrected chi connectivity index (χ2v) is 6.60. The fourth-order valence-corrected chi connectivity index (χ4v) is 3.46. The molecule has 2 heterocycles. The Balaban J connectivity index is 1.91. The van der Waals surface area contributed by atoms with E-state index in [9.17, 15) is 0 Å². The molecule has 0 saturated carbocycles. The zero-order valence-corrected chi connectivity index (χ0v) is 13.3. The Hall–Kier alpha value is -0.160. The molecule has 4 heteroatoms. The molecule has 0 bridgehead atoms. The van der Waals surface area contributed by atoms with Gasteiger partial charge in [0.25, 0.3) is 0 Å². The van der Waals surface area contributed by atoms with Crippen LogP contribution in [0, 0.1) is 5.41 Å². The summed E-state index contributed by atoms with van der Waals surface area (Å²) in [7, 11) is 0. The van der Waals surface area contributed by atoms with Crippen molar-refractivity contribution in [2.45, 2.75) is 45.6 Å². The summed E-state index contributed by atoms with van der Waals surface area (Å²) in [4.78, 5) is 2.60. The van der Waals surface area contributed by atoms with Crippen LogP contribution in [0.5, 0.6) is 0 Å². The van der Waals surface area contributed by atoms with Crippen molar-refractivity contribution in [3.05, 3.63) is 0 Å². The quantitative estimate of drug-likeness (QED) is 0.755. The third kappa shape index (κ3) is 4.99. The number of ether oxygens (including phenoxy) is 2. The van der Waals surface area contributed by atoms with E-state index in [0.29, 0.717) is 11.5 Å². The van der Waals surface area contributed by atoms with E-state index < -0.39 is 0 Å². The van der Waals surface area contributed by atoms with Crippen LogP contribution in [0.3, 0.4) is 0 Å². The molecule has 0 spiro atoms. The van der Waals surface area contributed by atoms with Crippen LogP contribution >= 0.6 is 0 Å². The molecule has 2 rings (SSSR count). The van der Waals surface area contributed by atoms with Crippen molar-refractivity contribution < 1.29 is 9.47 Å². The van der Waals surface area contributed by atoms with Gasteiger partial charge in [-0.15, -0.1) is 0 Å². The number of hydrogen-bond donors (Lipinski definition) is 1. The van der Waals surface area contributed by atoms with Gasteiger partial charge in [0.2, 0.25) is 0 Å². The molecular formula is C16H32N2O2. The molecule has 0 amide bonds. The second kappa shape index (κ2) is 8.32. The minimum Gasteiger partial charge on any atom is -0.381 e. The van der Waals surface area contributed by atoms with E-state index in [1.165, 1.54) is 25.8 Å². The highest BCUT2D eigenvalue weighted by Crippen LogP contribution is 2.29. The Kier molecular flexibility index (Phi) is 6.75. The molecule has 2 aliphatic heterocycles. The molecule has 2 saturated heterocycles. The van der Waals surface area contributed by atoms with Crippen LogP contribution in [0.2, 0.25) is 0 Å². The predicted octanol–water partition coefficient (Wildman–Crippen LogP) is 1.89. The van der Waals surface area contributed by atoms with Gasteiger partial charge < -0.3 is 14.8 Å². The van der Waals surface area contributed by atoms with Gasteiger partial charge in [-0.3, -0.25) is 4.90 Å². The second-order valence-electron chi connectivity index (χ2n) is 6.60. The summed E-state index contributed by atoms with van der Waals surface area (Å²) in [6.07, 6.45) is 5.21. The van der Waals surface area contributed by atoms with Crippen molar-refractivity contribution in [1.29, 1.82) is 0 Å². The zero-order valence-electron chi connectivity index (χ0n) is 13.3. The van der Waals surface area contributed by atoms with Crippen LogP contribution in [0.15, 0.2) is 0 Å². The maximum absolute atomic E-state index is 5.82. The van der Waals surface area contributed by atoms with Crippen molar-refractivity contribution in [1.82, 2.24) is 10.2 Å². The molecule has 0 aromatic rings. The Labute approximate surface area is 124 Å². The zero-order chi connectivity index (χ0) is 14.3. The van der Waals surface area contributed by atoms with Crippen molar-refractivity contribution in [3.63, 3.8) is 0 Å². The summed E-state index contributed by atoms with van der Waals surface area (Å²) in [5.74, 6) is 0. The van der Waals surface area contributed by atoms with E-state index in [2.05, 4.69) is 24.1 Å². The highest BCUT2D eigenvalue weighted by molar-refractivity contribution is 4.88. The molecule has 0 aromatic heterocycles. The van der Waals surface area contributed by atoms with Gasteiger partial charge in [0.05, 0.1) is 12.7 Å². The first-order valence-corrected chi connectivity index (χ1v) is 8.36. The average molecular weight is 284 g/mol. The molecule has 118 valence electrons. The average Bonchev–Trinajstić information content (AvgIpc) is 2.64. The van der Waals surface area contributed by atoms with Gasteiger partial charge in [-0.25, -0.2) is 0 Å². The monoisotopic (exact) mass is 284 g/mol. The molecule has 2 fully saturated rings.